The second-order valence-corrected chi connectivity index (χ2v) is 5.86. The Kier molecular flexibility index (Phi) is 13.4. The molecule has 146 valence electrons. The molecule has 0 aromatic rings. The van der Waals surface area contributed by atoms with Crippen LogP contribution < -0.4 is 0 Å². The van der Waals surface area contributed by atoms with Gasteiger partial charge in [-0.25, -0.2) is 0 Å². The van der Waals surface area contributed by atoms with Crippen molar-refractivity contribution in [1.82, 2.24) is 0 Å². The largest absolute Gasteiger partial charge is 0.481 e. The van der Waals surface area contributed by atoms with Gasteiger partial charge in [-0.1, -0.05) is 38.3 Å². The van der Waals surface area contributed by atoms with E-state index in [4.69, 9.17) is 5.11 Å². The van der Waals surface area contributed by atoms with Gasteiger partial charge in [0, 0.05) is 19.3 Å². The van der Waals surface area contributed by atoms with Crippen LogP contribution >= 0.6 is 0 Å². The molecular formula is C18H28N2O6. The molecule has 0 aromatic carbocycles. The summed E-state index contributed by atoms with van der Waals surface area (Å²) in [6.07, 6.45) is 12.3. The predicted molar refractivity (Wildman–Crippen MR) is 98.8 cm³/mol. The molecule has 0 rings (SSSR count). The van der Waals surface area contributed by atoms with Gasteiger partial charge in [0.25, 0.3) is 0 Å². The molecule has 0 bridgehead atoms. The summed E-state index contributed by atoms with van der Waals surface area (Å²) < 4.78 is 0. The lowest BCUT2D eigenvalue weighted by Gasteiger charge is -2.00. The van der Waals surface area contributed by atoms with Crippen molar-refractivity contribution in [2.75, 3.05) is 0 Å². The predicted octanol–water partition coefficient (Wildman–Crippen LogP) is 4.87. The molecule has 26 heavy (non-hydrogen) atoms. The number of allylic oxidation sites excluding steroid dienone is 6. The van der Waals surface area contributed by atoms with E-state index in [9.17, 15) is 25.0 Å². The number of nitrogens with zero attached hydrogens (tertiary/aromatic N) is 2. The summed E-state index contributed by atoms with van der Waals surface area (Å²) in [6, 6.07) is 0. The topological polar surface area (TPSA) is 124 Å². The van der Waals surface area contributed by atoms with Crippen molar-refractivity contribution < 1.29 is 19.7 Å². The van der Waals surface area contributed by atoms with Gasteiger partial charge in [0.05, 0.1) is 9.85 Å². The molecule has 0 atom stereocenters. The first-order valence-electron chi connectivity index (χ1n) is 8.92. The monoisotopic (exact) mass is 368 g/mol. The Morgan fingerprint density at radius 2 is 1.31 bits per heavy atom. The van der Waals surface area contributed by atoms with Crippen LogP contribution in [0.3, 0.4) is 0 Å². The van der Waals surface area contributed by atoms with Gasteiger partial charge in [-0.3, -0.25) is 25.0 Å². The first kappa shape index (κ1) is 23.5. The number of nitro groups is 2. The molecular weight excluding hydrogens is 340 g/mol. The van der Waals surface area contributed by atoms with Crippen molar-refractivity contribution in [1.29, 1.82) is 0 Å². The Balaban J connectivity index is 4.13. The Bertz CT molecular complexity index is 552. The van der Waals surface area contributed by atoms with E-state index in [0.717, 1.165) is 19.3 Å². The molecule has 8 heteroatoms. The van der Waals surface area contributed by atoms with E-state index in [1.807, 2.05) is 0 Å². The highest BCUT2D eigenvalue weighted by Crippen LogP contribution is 2.13. The molecule has 0 spiro atoms. The number of unbranched alkanes of at least 4 members (excludes halogenated alkanes) is 4. The highest BCUT2D eigenvalue weighted by molar-refractivity contribution is 5.66. The molecule has 0 unspecified atom stereocenters. The van der Waals surface area contributed by atoms with Crippen molar-refractivity contribution in [3.8, 4) is 0 Å². The fourth-order valence-electron chi connectivity index (χ4n) is 2.33. The van der Waals surface area contributed by atoms with E-state index in [-0.39, 0.29) is 22.7 Å². The molecule has 0 aliphatic rings. The van der Waals surface area contributed by atoms with E-state index in [0.29, 0.717) is 38.5 Å². The summed E-state index contributed by atoms with van der Waals surface area (Å²) in [7, 11) is 0. The van der Waals surface area contributed by atoms with Crippen LogP contribution in [0.5, 0.6) is 0 Å². The summed E-state index contributed by atoms with van der Waals surface area (Å²) in [5.41, 5.74) is 0.342. The summed E-state index contributed by atoms with van der Waals surface area (Å²) in [5.74, 6) is -0.795. The second kappa shape index (κ2) is 14.8. The standard InChI is InChI=1S/C18H28N2O6/c1-2-16(19(23)24)12-8-6-7-10-14-17(20(25)26)13-9-4-3-5-11-15-18(21)22/h6-7,12,14H,2-5,8-11,13,15H2,1H3,(H,21,22)/b7-6-,16-12+,17-14+. The maximum atomic E-state index is 11.0. The first-order chi connectivity index (χ1) is 12.4. The van der Waals surface area contributed by atoms with E-state index in [1.165, 1.54) is 0 Å². The molecule has 0 aliphatic heterocycles. The Morgan fingerprint density at radius 1 is 0.846 bits per heavy atom. The number of carboxylic acids is 1. The van der Waals surface area contributed by atoms with Crippen LogP contribution in [0, 0.1) is 20.2 Å². The maximum absolute atomic E-state index is 11.0. The Morgan fingerprint density at radius 3 is 1.77 bits per heavy atom. The first-order valence-corrected chi connectivity index (χ1v) is 8.92. The van der Waals surface area contributed by atoms with E-state index >= 15 is 0 Å². The van der Waals surface area contributed by atoms with Crippen molar-refractivity contribution in [3.05, 3.63) is 55.9 Å². The highest BCUT2D eigenvalue weighted by Gasteiger charge is 2.09. The van der Waals surface area contributed by atoms with Crippen LogP contribution in [-0.4, -0.2) is 20.9 Å². The van der Waals surface area contributed by atoms with Crippen LogP contribution in [-0.2, 0) is 4.79 Å². The van der Waals surface area contributed by atoms with E-state index in [2.05, 4.69) is 0 Å². The quantitative estimate of drug-likeness (QED) is 0.190. The van der Waals surface area contributed by atoms with Crippen molar-refractivity contribution >= 4 is 5.97 Å². The van der Waals surface area contributed by atoms with Gasteiger partial charge in [-0.15, -0.1) is 0 Å². The third-order valence-electron chi connectivity index (χ3n) is 3.80. The molecule has 0 saturated carbocycles. The van der Waals surface area contributed by atoms with Gasteiger partial charge in [0.2, 0.25) is 11.4 Å². The molecule has 0 heterocycles. The minimum atomic E-state index is -0.795. The molecule has 0 amide bonds. The van der Waals surface area contributed by atoms with Gasteiger partial charge in [0.15, 0.2) is 0 Å². The zero-order chi connectivity index (χ0) is 19.8. The van der Waals surface area contributed by atoms with Crippen LogP contribution in [0.15, 0.2) is 35.7 Å². The average Bonchev–Trinajstić information content (AvgIpc) is 2.57. The number of carboxylic acid groups (broad SMARTS) is 1. The van der Waals surface area contributed by atoms with E-state index < -0.39 is 10.9 Å². The van der Waals surface area contributed by atoms with Gasteiger partial charge < -0.3 is 5.11 Å². The lowest BCUT2D eigenvalue weighted by atomic mass is 10.1. The molecule has 0 aliphatic carbocycles. The third kappa shape index (κ3) is 12.9. The minimum Gasteiger partial charge on any atom is -0.481 e. The van der Waals surface area contributed by atoms with Crippen LogP contribution in [0.1, 0.15) is 71.1 Å². The van der Waals surface area contributed by atoms with Gasteiger partial charge in [0.1, 0.15) is 0 Å². The fourth-order valence-corrected chi connectivity index (χ4v) is 2.33. The zero-order valence-corrected chi connectivity index (χ0v) is 15.3. The van der Waals surface area contributed by atoms with Crippen LogP contribution in [0.25, 0.3) is 0 Å². The minimum absolute atomic E-state index is 0.166. The molecule has 8 nitrogen and oxygen atoms in total. The molecule has 0 radical (unpaired) electrons. The van der Waals surface area contributed by atoms with Crippen molar-refractivity contribution in [2.24, 2.45) is 0 Å². The number of hydrogen-bond acceptors (Lipinski definition) is 5. The number of carbonyl (C=O) groups is 1. The number of aliphatic carboxylic acids is 1. The van der Waals surface area contributed by atoms with Gasteiger partial charge in [-0.05, 0) is 37.8 Å². The number of rotatable bonds is 15. The summed E-state index contributed by atoms with van der Waals surface area (Å²) in [5, 5.41) is 30.2. The van der Waals surface area contributed by atoms with Crippen LogP contribution in [0.2, 0.25) is 0 Å². The summed E-state index contributed by atoms with van der Waals surface area (Å²) >= 11 is 0. The molecule has 0 aromatic heterocycles. The average molecular weight is 368 g/mol. The van der Waals surface area contributed by atoms with Gasteiger partial charge >= 0.3 is 5.97 Å². The molecule has 0 fully saturated rings. The maximum Gasteiger partial charge on any atom is 0.303 e. The zero-order valence-electron chi connectivity index (χ0n) is 15.3. The highest BCUT2D eigenvalue weighted by atomic mass is 16.6. The Labute approximate surface area is 153 Å². The second-order valence-electron chi connectivity index (χ2n) is 5.86. The normalized spacial score (nSPS) is 12.5. The lowest BCUT2D eigenvalue weighted by molar-refractivity contribution is -0.428. The van der Waals surface area contributed by atoms with Crippen molar-refractivity contribution in [2.45, 2.75) is 71.1 Å². The SMILES string of the molecule is CC/C(=C\C/C=C\C/C=C(\CCCCCCCC(=O)O)[N+](=O)[O-])[N+](=O)[O-]. The van der Waals surface area contributed by atoms with Crippen LogP contribution in [0.4, 0.5) is 0 Å². The Hall–Kier alpha value is -2.51. The molecule has 0 saturated heterocycles. The van der Waals surface area contributed by atoms with E-state index in [1.54, 1.807) is 31.2 Å². The summed E-state index contributed by atoms with van der Waals surface area (Å²) in [6.45, 7) is 1.72. The smallest absolute Gasteiger partial charge is 0.303 e. The summed E-state index contributed by atoms with van der Waals surface area (Å²) in [4.78, 5) is 31.3. The molecule has 1 N–H and O–H groups in total. The lowest BCUT2D eigenvalue weighted by Crippen LogP contribution is -1.99. The van der Waals surface area contributed by atoms with Crippen molar-refractivity contribution in [3.63, 3.8) is 0 Å². The van der Waals surface area contributed by atoms with Gasteiger partial charge in [-0.2, -0.15) is 0 Å². The number of hydrogen-bond donors (Lipinski definition) is 1. The third-order valence-corrected chi connectivity index (χ3v) is 3.80. The fraction of sp³-hybridized carbons (Fsp3) is 0.611.